The maximum atomic E-state index is 14.7. The second-order valence-electron chi connectivity index (χ2n) is 12.4. The fourth-order valence-corrected chi connectivity index (χ4v) is 6.83. The molecule has 9 nitrogen and oxygen atoms in total. The first-order chi connectivity index (χ1) is 19.1. The zero-order valence-corrected chi connectivity index (χ0v) is 26.3. The van der Waals surface area contributed by atoms with Gasteiger partial charge >= 0.3 is 5.97 Å². The maximum absolute atomic E-state index is 14.7. The van der Waals surface area contributed by atoms with Crippen LogP contribution in [0.25, 0.3) is 0 Å². The van der Waals surface area contributed by atoms with Crippen molar-refractivity contribution in [1.82, 2.24) is 14.9 Å². The number of hydrogen-bond acceptors (Lipinski definition) is 10. The number of carboxylic acids is 1. The molecule has 0 aliphatic carbocycles. The lowest BCUT2D eigenvalue weighted by molar-refractivity contribution is -0.312. The molecule has 3 atom stereocenters. The Labute approximate surface area is 248 Å². The third-order valence-electron chi connectivity index (χ3n) is 7.08. The second-order valence-corrected chi connectivity index (χ2v) is 14.4. The summed E-state index contributed by atoms with van der Waals surface area (Å²) in [4.78, 5) is 52.6. The van der Waals surface area contributed by atoms with Gasteiger partial charge in [0.1, 0.15) is 21.9 Å². The fraction of sp³-hybridized carbons (Fsp3) is 0.500. The molecule has 220 valence electrons. The molecule has 1 saturated heterocycles. The zero-order chi connectivity index (χ0) is 30.3. The van der Waals surface area contributed by atoms with E-state index in [1.54, 1.807) is 50.0 Å². The van der Waals surface area contributed by atoms with Crippen LogP contribution < -0.4 is 9.84 Å². The first-order valence-corrected chi connectivity index (χ1v) is 15.1. The number of methoxy groups -OCH3 is 1. The van der Waals surface area contributed by atoms with E-state index in [0.717, 1.165) is 10.4 Å². The summed E-state index contributed by atoms with van der Waals surface area (Å²) >= 11 is 2.63. The molecule has 0 N–H and O–H groups in total. The Kier molecular flexibility index (Phi) is 8.35. The highest BCUT2D eigenvalue weighted by atomic mass is 32.1. The molecular formula is C30H36N3O6S2-. The Morgan fingerprint density at radius 2 is 1.85 bits per heavy atom. The first-order valence-electron chi connectivity index (χ1n) is 13.3. The molecule has 3 aromatic rings. The smallest absolute Gasteiger partial charge is 0.333 e. The predicted octanol–water partition coefficient (Wildman–Crippen LogP) is 4.49. The third-order valence-corrected chi connectivity index (χ3v) is 8.70. The van der Waals surface area contributed by atoms with E-state index in [1.165, 1.54) is 34.7 Å². The number of carboxylic acid groups (broad SMARTS) is 1. The van der Waals surface area contributed by atoms with Crippen LogP contribution in [0.3, 0.4) is 0 Å². The number of ether oxygens (including phenoxy) is 2. The van der Waals surface area contributed by atoms with Crippen LogP contribution in [0.15, 0.2) is 35.3 Å². The molecule has 0 bridgehead atoms. The van der Waals surface area contributed by atoms with Crippen molar-refractivity contribution < 1.29 is 29.0 Å². The van der Waals surface area contributed by atoms with Crippen LogP contribution in [-0.4, -0.2) is 51.0 Å². The number of aryl methyl sites for hydroxylation is 1. The summed E-state index contributed by atoms with van der Waals surface area (Å²) in [6.07, 6.45) is 1.39. The summed E-state index contributed by atoms with van der Waals surface area (Å²) in [5.74, 6) is -3.31. The van der Waals surface area contributed by atoms with E-state index in [2.05, 4.69) is 9.97 Å². The molecule has 3 heterocycles. The number of benzene rings is 1. The number of nitrogens with zero attached hydrogens (tertiary/aromatic N) is 3. The minimum absolute atomic E-state index is 0.0288. The second kappa shape index (κ2) is 11.2. The van der Waals surface area contributed by atoms with Gasteiger partial charge in [0, 0.05) is 40.3 Å². The van der Waals surface area contributed by atoms with Crippen molar-refractivity contribution in [2.75, 3.05) is 7.11 Å². The number of aliphatic carboxylic acids is 1. The van der Waals surface area contributed by atoms with E-state index >= 15 is 0 Å². The van der Waals surface area contributed by atoms with Crippen LogP contribution in [-0.2, 0) is 26.2 Å². The zero-order valence-electron chi connectivity index (χ0n) is 24.6. The van der Waals surface area contributed by atoms with Gasteiger partial charge in [-0.3, -0.25) is 4.79 Å². The quantitative estimate of drug-likeness (QED) is 0.365. The van der Waals surface area contributed by atoms with Crippen LogP contribution in [0.2, 0.25) is 0 Å². The number of rotatable bonds is 7. The summed E-state index contributed by atoms with van der Waals surface area (Å²) in [7, 11) is 1.54. The molecule has 11 heteroatoms. The monoisotopic (exact) mass is 598 g/mol. The van der Waals surface area contributed by atoms with Crippen molar-refractivity contribution in [1.29, 1.82) is 0 Å². The van der Waals surface area contributed by atoms with Crippen molar-refractivity contribution in [3.05, 3.63) is 62.0 Å². The number of likely N-dealkylation sites (tertiary alicyclic amines) is 1. The van der Waals surface area contributed by atoms with Gasteiger partial charge in [0.05, 0.1) is 24.4 Å². The molecule has 1 fully saturated rings. The Bertz CT molecular complexity index is 1440. The van der Waals surface area contributed by atoms with Gasteiger partial charge in [-0.15, -0.1) is 22.7 Å². The fourth-order valence-electron chi connectivity index (χ4n) is 5.34. The molecule has 0 unspecified atom stereocenters. The van der Waals surface area contributed by atoms with Gasteiger partial charge in [0.25, 0.3) is 5.91 Å². The largest absolute Gasteiger partial charge is 0.550 e. The number of aromatic nitrogens is 2. The molecule has 0 saturated carbocycles. The molecule has 1 aliphatic heterocycles. The van der Waals surface area contributed by atoms with E-state index in [0.29, 0.717) is 16.5 Å². The minimum atomic E-state index is -1.69. The van der Waals surface area contributed by atoms with E-state index in [-0.39, 0.29) is 23.8 Å². The van der Waals surface area contributed by atoms with Crippen molar-refractivity contribution in [2.24, 2.45) is 5.92 Å². The predicted molar refractivity (Wildman–Crippen MR) is 155 cm³/mol. The Hall–Kier alpha value is -3.31. The Morgan fingerprint density at radius 3 is 2.37 bits per heavy atom. The Morgan fingerprint density at radius 1 is 1.15 bits per heavy atom. The van der Waals surface area contributed by atoms with E-state index in [9.17, 15) is 19.5 Å². The maximum Gasteiger partial charge on any atom is 0.333 e. The van der Waals surface area contributed by atoms with E-state index in [1.807, 2.05) is 33.8 Å². The lowest BCUT2D eigenvalue weighted by Crippen LogP contribution is -2.57. The summed E-state index contributed by atoms with van der Waals surface area (Å²) in [5, 5.41) is 14.9. The number of hydrogen-bond donors (Lipinski definition) is 0. The van der Waals surface area contributed by atoms with Crippen molar-refractivity contribution in [2.45, 2.75) is 83.9 Å². The van der Waals surface area contributed by atoms with E-state index in [4.69, 9.17) is 9.47 Å². The van der Waals surface area contributed by atoms with Crippen molar-refractivity contribution in [3.8, 4) is 5.75 Å². The van der Waals surface area contributed by atoms with Gasteiger partial charge in [-0.25, -0.2) is 14.8 Å². The highest BCUT2D eigenvalue weighted by molar-refractivity contribution is 7.11. The summed E-state index contributed by atoms with van der Waals surface area (Å²) in [5.41, 5.74) is 0.484. The SMILES string of the molecule is COc1cc(C(=O)N2[C@@H](c3ncc(C)s3)[C@@H](C(=O)[O-])C[C@@]2(Cc2cscn2)C(=O)OC(C)(C)C)ccc1C(C)(C)C. The van der Waals surface area contributed by atoms with Crippen LogP contribution >= 0.6 is 22.7 Å². The van der Waals surface area contributed by atoms with Gasteiger partial charge in [-0.05, 0) is 57.2 Å². The molecule has 0 radical (unpaired) electrons. The van der Waals surface area contributed by atoms with Gasteiger partial charge in [-0.2, -0.15) is 0 Å². The van der Waals surface area contributed by atoms with Crippen LogP contribution in [0.1, 0.15) is 85.5 Å². The highest BCUT2D eigenvalue weighted by Crippen LogP contribution is 2.51. The van der Waals surface area contributed by atoms with Gasteiger partial charge in [0.15, 0.2) is 0 Å². The number of carbonyl (C=O) groups excluding carboxylic acids is 3. The molecular weight excluding hydrogens is 562 g/mol. The summed E-state index contributed by atoms with van der Waals surface area (Å²) < 4.78 is 11.6. The van der Waals surface area contributed by atoms with Crippen LogP contribution in [0.4, 0.5) is 0 Å². The Balaban J connectivity index is 1.98. The third kappa shape index (κ3) is 6.16. The first kappa shape index (κ1) is 30.6. The van der Waals surface area contributed by atoms with Crippen LogP contribution in [0.5, 0.6) is 5.75 Å². The number of thiazole rings is 2. The summed E-state index contributed by atoms with van der Waals surface area (Å²) in [6, 6.07) is 4.09. The molecule has 0 spiro atoms. The topological polar surface area (TPSA) is 122 Å². The number of esters is 1. The molecule has 1 aromatic carbocycles. The number of amides is 1. The lowest BCUT2D eigenvalue weighted by Gasteiger charge is -2.40. The standard InChI is InChI=1S/C30H37N3O6S2/c1-17-14-31-24(41-17)23-20(26(35)36)13-30(12-19-15-40-16-32-19,27(37)39-29(5,6)7)33(23)25(34)18-9-10-21(28(2,3)4)22(11-18)38-8/h9-11,14-16,20,23H,12-13H2,1-8H3,(H,35,36)/p-1/t20-,23+,30-/m0/s1. The molecule has 1 amide bonds. The normalized spacial score (nSPS) is 21.1. The molecule has 2 aromatic heterocycles. The van der Waals surface area contributed by atoms with Crippen LogP contribution in [0, 0.1) is 12.8 Å². The van der Waals surface area contributed by atoms with Gasteiger partial charge in [0.2, 0.25) is 0 Å². The van der Waals surface area contributed by atoms with E-state index < -0.39 is 40.9 Å². The van der Waals surface area contributed by atoms with Gasteiger partial charge < -0.3 is 24.3 Å². The average molecular weight is 599 g/mol. The van der Waals surface area contributed by atoms with Crippen molar-refractivity contribution >= 4 is 40.5 Å². The average Bonchev–Trinajstić information content (AvgIpc) is 3.61. The molecule has 4 rings (SSSR count). The molecule has 41 heavy (non-hydrogen) atoms. The molecule has 1 aliphatic rings. The summed E-state index contributed by atoms with van der Waals surface area (Å²) in [6.45, 7) is 13.2. The van der Waals surface area contributed by atoms with Crippen molar-refractivity contribution in [3.63, 3.8) is 0 Å². The van der Waals surface area contributed by atoms with Gasteiger partial charge in [-0.1, -0.05) is 26.8 Å². The highest BCUT2D eigenvalue weighted by Gasteiger charge is 2.61. The minimum Gasteiger partial charge on any atom is -0.550 e. The number of carbonyl (C=O) groups is 3. The lowest BCUT2D eigenvalue weighted by atomic mass is 9.85.